The highest BCUT2D eigenvalue weighted by Crippen LogP contribution is 2.28. The Balaban J connectivity index is 1.73. The quantitative estimate of drug-likeness (QED) is 0.794. The highest BCUT2D eigenvalue weighted by atomic mass is 16.5. The van der Waals surface area contributed by atoms with Gasteiger partial charge >= 0.3 is 0 Å². The third-order valence-electron chi connectivity index (χ3n) is 4.46. The van der Waals surface area contributed by atoms with Crippen LogP contribution in [-0.4, -0.2) is 43.5 Å². The maximum atomic E-state index is 5.86. The Kier molecular flexibility index (Phi) is 3.65. The summed E-state index contributed by atoms with van der Waals surface area (Å²) >= 11 is 0. The van der Waals surface area contributed by atoms with Crippen molar-refractivity contribution in [3.63, 3.8) is 0 Å². The smallest absolute Gasteiger partial charge is 0.164 e. The number of aryl methyl sites for hydroxylation is 1. The minimum atomic E-state index is -0.143. The maximum Gasteiger partial charge on any atom is 0.164 e. The molecule has 0 amide bonds. The van der Waals surface area contributed by atoms with Crippen LogP contribution in [0.2, 0.25) is 0 Å². The summed E-state index contributed by atoms with van der Waals surface area (Å²) in [5.74, 6) is 1.45. The first-order valence-electron chi connectivity index (χ1n) is 8.13. The number of fused-ring (bicyclic) bond motifs is 1. The number of pyridine rings is 1. The number of nitrogens with one attached hydrogen (secondary N) is 1. The van der Waals surface area contributed by atoms with Gasteiger partial charge in [-0.3, -0.25) is 9.67 Å². The van der Waals surface area contributed by atoms with Crippen molar-refractivity contribution >= 4 is 16.9 Å². The van der Waals surface area contributed by atoms with Crippen LogP contribution in [0.1, 0.15) is 19.8 Å². The third-order valence-corrected chi connectivity index (χ3v) is 4.46. The van der Waals surface area contributed by atoms with Crippen LogP contribution in [0.25, 0.3) is 22.4 Å². The number of rotatable bonds is 4. The predicted molar refractivity (Wildman–Crippen MR) is 91.6 cm³/mol. The zero-order valence-corrected chi connectivity index (χ0v) is 13.9. The van der Waals surface area contributed by atoms with Gasteiger partial charge in [0.2, 0.25) is 0 Å². The summed E-state index contributed by atoms with van der Waals surface area (Å²) in [6, 6.07) is 3.81. The molecule has 0 aliphatic carbocycles. The van der Waals surface area contributed by atoms with Gasteiger partial charge in [-0.2, -0.15) is 5.10 Å². The molecule has 0 saturated carbocycles. The second kappa shape index (κ2) is 5.83. The Morgan fingerprint density at radius 3 is 2.88 bits per heavy atom. The molecule has 1 N–H and O–H groups in total. The molecule has 0 spiro atoms. The summed E-state index contributed by atoms with van der Waals surface area (Å²) in [6.07, 6.45) is 7.44. The molecule has 0 aromatic carbocycles. The average Bonchev–Trinajstić information content (AvgIpc) is 3.21. The van der Waals surface area contributed by atoms with E-state index in [1.54, 1.807) is 23.3 Å². The van der Waals surface area contributed by atoms with Crippen molar-refractivity contribution in [1.29, 1.82) is 0 Å². The monoisotopic (exact) mass is 324 g/mol. The maximum absolute atomic E-state index is 5.86. The molecule has 4 heterocycles. The highest BCUT2D eigenvalue weighted by molar-refractivity contribution is 5.88. The zero-order valence-electron chi connectivity index (χ0n) is 13.9. The van der Waals surface area contributed by atoms with Crippen molar-refractivity contribution < 1.29 is 4.74 Å². The number of ether oxygens (including phenoxy) is 1. The van der Waals surface area contributed by atoms with Gasteiger partial charge in [-0.25, -0.2) is 9.97 Å². The molecule has 0 radical (unpaired) electrons. The zero-order chi connectivity index (χ0) is 16.6. The third kappa shape index (κ3) is 2.71. The van der Waals surface area contributed by atoms with Crippen LogP contribution in [0.5, 0.6) is 0 Å². The van der Waals surface area contributed by atoms with Crippen molar-refractivity contribution in [2.24, 2.45) is 7.05 Å². The Labute approximate surface area is 140 Å². The molecule has 1 unspecified atom stereocenters. The van der Waals surface area contributed by atoms with E-state index in [9.17, 15) is 0 Å². The van der Waals surface area contributed by atoms with E-state index in [0.29, 0.717) is 12.4 Å². The minimum Gasteiger partial charge on any atom is -0.373 e. The first-order chi connectivity index (χ1) is 11.6. The topological polar surface area (TPSA) is 77.8 Å². The van der Waals surface area contributed by atoms with Crippen molar-refractivity contribution in [1.82, 2.24) is 24.7 Å². The minimum absolute atomic E-state index is 0.143. The van der Waals surface area contributed by atoms with Crippen LogP contribution in [0.3, 0.4) is 0 Å². The van der Waals surface area contributed by atoms with E-state index in [1.807, 2.05) is 19.2 Å². The number of aromatic nitrogens is 5. The Hall–Kier alpha value is -2.54. The summed E-state index contributed by atoms with van der Waals surface area (Å²) in [4.78, 5) is 13.4. The van der Waals surface area contributed by atoms with Gasteiger partial charge in [0.15, 0.2) is 11.5 Å². The van der Waals surface area contributed by atoms with Gasteiger partial charge in [0.1, 0.15) is 5.82 Å². The molecule has 124 valence electrons. The summed E-state index contributed by atoms with van der Waals surface area (Å²) in [5, 5.41) is 8.68. The standard InChI is InChI=1S/C17H20N6O/c1-17(6-3-9-24-17)11-19-15-13-10-20-23(2)16(13)22-14(21-15)12-4-7-18-8-5-12/h4-5,7-8,10H,3,6,9,11H2,1-2H3,(H,19,21,22). The van der Waals surface area contributed by atoms with Gasteiger partial charge in [-0.15, -0.1) is 0 Å². The van der Waals surface area contributed by atoms with Crippen LogP contribution >= 0.6 is 0 Å². The van der Waals surface area contributed by atoms with Gasteiger partial charge in [-0.05, 0) is 31.9 Å². The van der Waals surface area contributed by atoms with E-state index in [0.717, 1.165) is 41.9 Å². The first-order valence-corrected chi connectivity index (χ1v) is 8.13. The molecule has 7 nitrogen and oxygen atoms in total. The van der Waals surface area contributed by atoms with Crippen molar-refractivity contribution in [3.8, 4) is 11.4 Å². The van der Waals surface area contributed by atoms with Crippen molar-refractivity contribution in [2.45, 2.75) is 25.4 Å². The molecule has 3 aromatic heterocycles. The lowest BCUT2D eigenvalue weighted by atomic mass is 10.0. The molecular weight excluding hydrogens is 304 g/mol. The molecular formula is C17H20N6O. The number of nitrogens with zero attached hydrogens (tertiary/aromatic N) is 5. The molecule has 1 saturated heterocycles. The highest BCUT2D eigenvalue weighted by Gasteiger charge is 2.30. The van der Waals surface area contributed by atoms with Gasteiger partial charge in [0.05, 0.1) is 17.2 Å². The predicted octanol–water partition coefficient (Wildman–Crippen LogP) is 2.41. The van der Waals surface area contributed by atoms with Gasteiger partial charge in [-0.1, -0.05) is 0 Å². The van der Waals surface area contributed by atoms with Crippen LogP contribution in [0.15, 0.2) is 30.7 Å². The molecule has 4 rings (SSSR count). The fourth-order valence-corrected chi connectivity index (χ4v) is 3.03. The van der Waals surface area contributed by atoms with E-state index in [-0.39, 0.29) is 5.60 Å². The summed E-state index contributed by atoms with van der Waals surface area (Å²) in [7, 11) is 1.89. The normalized spacial score (nSPS) is 20.6. The fraction of sp³-hybridized carbons (Fsp3) is 0.412. The number of hydrogen-bond donors (Lipinski definition) is 1. The van der Waals surface area contributed by atoms with E-state index < -0.39 is 0 Å². The molecule has 1 aliphatic rings. The Morgan fingerprint density at radius 2 is 2.12 bits per heavy atom. The van der Waals surface area contributed by atoms with Crippen LogP contribution in [0, 0.1) is 0 Å². The number of hydrogen-bond acceptors (Lipinski definition) is 6. The van der Waals surface area contributed by atoms with E-state index in [2.05, 4.69) is 27.3 Å². The van der Waals surface area contributed by atoms with E-state index >= 15 is 0 Å². The molecule has 0 bridgehead atoms. The van der Waals surface area contributed by atoms with E-state index in [1.165, 1.54) is 0 Å². The van der Waals surface area contributed by atoms with Crippen LogP contribution < -0.4 is 5.32 Å². The van der Waals surface area contributed by atoms with Crippen molar-refractivity contribution in [3.05, 3.63) is 30.7 Å². The molecule has 7 heteroatoms. The Bertz CT molecular complexity index is 854. The van der Waals surface area contributed by atoms with Gasteiger partial charge in [0, 0.05) is 38.2 Å². The molecule has 1 fully saturated rings. The van der Waals surface area contributed by atoms with Gasteiger partial charge < -0.3 is 10.1 Å². The average molecular weight is 324 g/mol. The summed E-state index contributed by atoms with van der Waals surface area (Å²) < 4.78 is 7.62. The molecule has 3 aromatic rings. The second-order valence-corrected chi connectivity index (χ2v) is 6.39. The Morgan fingerprint density at radius 1 is 1.29 bits per heavy atom. The fourth-order valence-electron chi connectivity index (χ4n) is 3.03. The van der Waals surface area contributed by atoms with Crippen LogP contribution in [-0.2, 0) is 11.8 Å². The SMILES string of the molecule is Cn1ncc2c(NCC3(C)CCCO3)nc(-c3ccncc3)nc21. The van der Waals surface area contributed by atoms with E-state index in [4.69, 9.17) is 9.72 Å². The number of anilines is 1. The molecule has 1 atom stereocenters. The molecule has 1 aliphatic heterocycles. The van der Waals surface area contributed by atoms with Crippen LogP contribution in [0.4, 0.5) is 5.82 Å². The first kappa shape index (κ1) is 15.0. The summed E-state index contributed by atoms with van der Waals surface area (Å²) in [5.41, 5.74) is 1.59. The lowest BCUT2D eigenvalue weighted by Gasteiger charge is -2.24. The largest absolute Gasteiger partial charge is 0.373 e. The second-order valence-electron chi connectivity index (χ2n) is 6.39. The van der Waals surface area contributed by atoms with Crippen molar-refractivity contribution in [2.75, 3.05) is 18.5 Å². The lowest BCUT2D eigenvalue weighted by molar-refractivity contribution is 0.0315. The molecule has 24 heavy (non-hydrogen) atoms. The summed E-state index contributed by atoms with van der Waals surface area (Å²) in [6.45, 7) is 3.68. The lowest BCUT2D eigenvalue weighted by Crippen LogP contribution is -2.32. The van der Waals surface area contributed by atoms with Gasteiger partial charge in [0.25, 0.3) is 0 Å².